The number of benzene rings is 2. The molecule has 164 valence electrons. The molecule has 0 bridgehead atoms. The number of ether oxygens (including phenoxy) is 1. The number of carbonyl (C=O) groups is 1. The molecule has 0 spiro atoms. The van der Waals surface area contributed by atoms with Gasteiger partial charge in [0.15, 0.2) is 0 Å². The van der Waals surface area contributed by atoms with Crippen LogP contribution in [-0.2, 0) is 12.7 Å². The van der Waals surface area contributed by atoms with Crippen LogP contribution in [0.15, 0.2) is 48.7 Å². The van der Waals surface area contributed by atoms with Crippen LogP contribution >= 0.6 is 0 Å². The molecule has 0 saturated heterocycles. The number of nitrogens with one attached hydrogen (secondary N) is 1. The average molecular weight is 435 g/mol. The molecule has 5 nitrogen and oxygen atoms in total. The van der Waals surface area contributed by atoms with Crippen LogP contribution in [0.3, 0.4) is 0 Å². The number of hydrogen-bond acceptors (Lipinski definition) is 3. The molecule has 0 atom stereocenters. The van der Waals surface area contributed by atoms with E-state index in [1.165, 1.54) is 30.3 Å². The molecule has 0 aliphatic rings. The molecular formula is C22H21F4N3O2. The van der Waals surface area contributed by atoms with E-state index in [4.69, 9.17) is 10.5 Å². The lowest BCUT2D eigenvalue weighted by Crippen LogP contribution is -2.31. The van der Waals surface area contributed by atoms with Gasteiger partial charge in [-0.15, -0.1) is 0 Å². The van der Waals surface area contributed by atoms with Gasteiger partial charge >= 0.3 is 6.18 Å². The minimum absolute atomic E-state index is 0.0828. The van der Waals surface area contributed by atoms with Gasteiger partial charge in [0.25, 0.3) is 5.91 Å². The average Bonchev–Trinajstić information content (AvgIpc) is 3.21. The maximum atomic E-state index is 13.7. The van der Waals surface area contributed by atoms with Gasteiger partial charge in [-0.3, -0.25) is 4.79 Å². The lowest BCUT2D eigenvalue weighted by Gasteiger charge is -2.22. The number of aromatic amines is 1. The van der Waals surface area contributed by atoms with Crippen molar-refractivity contribution in [2.75, 3.05) is 19.4 Å². The first-order valence-corrected chi connectivity index (χ1v) is 9.41. The lowest BCUT2D eigenvalue weighted by atomic mass is 10.0. The van der Waals surface area contributed by atoms with Gasteiger partial charge in [0.05, 0.1) is 12.7 Å². The van der Waals surface area contributed by atoms with E-state index in [1.807, 2.05) is 0 Å². The molecule has 0 aliphatic heterocycles. The van der Waals surface area contributed by atoms with Crippen molar-refractivity contribution in [2.24, 2.45) is 0 Å². The summed E-state index contributed by atoms with van der Waals surface area (Å²) in [6.45, 7) is 2.32. The molecule has 0 unspecified atom stereocenters. The second kappa shape index (κ2) is 8.71. The molecule has 2 aromatic carbocycles. The lowest BCUT2D eigenvalue weighted by molar-refractivity contribution is -0.139. The Kier molecular flexibility index (Phi) is 6.24. The van der Waals surface area contributed by atoms with Gasteiger partial charge in [-0.1, -0.05) is 12.1 Å². The van der Waals surface area contributed by atoms with Gasteiger partial charge in [-0.25, -0.2) is 4.39 Å². The zero-order valence-corrected chi connectivity index (χ0v) is 16.9. The molecule has 0 radical (unpaired) electrons. The van der Waals surface area contributed by atoms with Gasteiger partial charge in [0.1, 0.15) is 17.3 Å². The topological polar surface area (TPSA) is 71.3 Å². The van der Waals surface area contributed by atoms with Gasteiger partial charge in [0, 0.05) is 42.2 Å². The number of nitrogens with zero attached hydrogens (tertiary/aromatic N) is 1. The number of rotatable bonds is 6. The van der Waals surface area contributed by atoms with E-state index in [1.54, 1.807) is 25.1 Å². The quantitative estimate of drug-likeness (QED) is 0.418. The number of halogens is 4. The molecule has 3 rings (SSSR count). The van der Waals surface area contributed by atoms with Crippen molar-refractivity contribution in [3.05, 3.63) is 71.3 Å². The third-order valence-corrected chi connectivity index (χ3v) is 4.88. The van der Waals surface area contributed by atoms with Gasteiger partial charge in [-0.05, 0) is 36.8 Å². The highest BCUT2D eigenvalue weighted by Crippen LogP contribution is 2.35. The van der Waals surface area contributed by atoms with Crippen LogP contribution in [0.25, 0.3) is 11.1 Å². The Morgan fingerprint density at radius 3 is 2.55 bits per heavy atom. The SMILES string of the molecule is CCN(Cc1ccc(N)cc1OC)C(=O)c1[nH]ccc1-c1ccc(F)c(C(F)(F)F)c1. The smallest absolute Gasteiger partial charge is 0.419 e. The van der Waals surface area contributed by atoms with E-state index in [0.717, 1.165) is 11.6 Å². The third-order valence-electron chi connectivity index (χ3n) is 4.88. The highest BCUT2D eigenvalue weighted by Gasteiger charge is 2.34. The van der Waals surface area contributed by atoms with Crippen molar-refractivity contribution in [3.8, 4) is 16.9 Å². The van der Waals surface area contributed by atoms with E-state index >= 15 is 0 Å². The van der Waals surface area contributed by atoms with Crippen LogP contribution in [0.4, 0.5) is 23.2 Å². The summed E-state index contributed by atoms with van der Waals surface area (Å²) >= 11 is 0. The van der Waals surface area contributed by atoms with Gasteiger partial charge in [0.2, 0.25) is 0 Å². The van der Waals surface area contributed by atoms with E-state index in [2.05, 4.69) is 4.98 Å². The van der Waals surface area contributed by atoms with Crippen LogP contribution in [0.5, 0.6) is 5.75 Å². The molecule has 0 fully saturated rings. The number of hydrogen-bond donors (Lipinski definition) is 2. The Bertz CT molecular complexity index is 1090. The zero-order chi connectivity index (χ0) is 22.8. The molecule has 1 heterocycles. The summed E-state index contributed by atoms with van der Waals surface area (Å²) < 4.78 is 58.3. The number of amides is 1. The number of carbonyl (C=O) groups excluding carboxylic acids is 1. The molecule has 3 aromatic rings. The second-order valence-electron chi connectivity index (χ2n) is 6.85. The molecule has 0 saturated carbocycles. The summed E-state index contributed by atoms with van der Waals surface area (Å²) in [4.78, 5) is 17.5. The summed E-state index contributed by atoms with van der Waals surface area (Å²) in [6, 6.07) is 9.22. The summed E-state index contributed by atoms with van der Waals surface area (Å²) in [5.74, 6) is -1.27. The summed E-state index contributed by atoms with van der Waals surface area (Å²) in [5.41, 5.74) is 6.06. The predicted octanol–water partition coefficient (Wildman–Crippen LogP) is 5.09. The summed E-state index contributed by atoms with van der Waals surface area (Å²) in [5, 5.41) is 0. The first-order chi connectivity index (χ1) is 14.7. The van der Waals surface area contributed by atoms with E-state index < -0.39 is 23.5 Å². The molecular weight excluding hydrogens is 414 g/mol. The van der Waals surface area contributed by atoms with E-state index in [0.29, 0.717) is 24.0 Å². The monoisotopic (exact) mass is 435 g/mol. The van der Waals surface area contributed by atoms with E-state index in [9.17, 15) is 22.4 Å². The molecule has 31 heavy (non-hydrogen) atoms. The Labute approximate surface area is 176 Å². The number of aromatic nitrogens is 1. The first-order valence-electron chi connectivity index (χ1n) is 9.41. The van der Waals surface area contributed by atoms with Crippen LogP contribution in [0.1, 0.15) is 28.5 Å². The fourth-order valence-corrected chi connectivity index (χ4v) is 3.28. The number of H-pyrrole nitrogens is 1. The molecule has 3 N–H and O–H groups in total. The maximum absolute atomic E-state index is 13.7. The Hall–Kier alpha value is -3.49. The fourth-order valence-electron chi connectivity index (χ4n) is 3.28. The number of anilines is 1. The van der Waals surface area contributed by atoms with E-state index in [-0.39, 0.29) is 23.4 Å². The summed E-state index contributed by atoms with van der Waals surface area (Å²) in [7, 11) is 1.49. The first kappa shape index (κ1) is 22.2. The largest absolute Gasteiger partial charge is 0.496 e. The predicted molar refractivity (Wildman–Crippen MR) is 109 cm³/mol. The Morgan fingerprint density at radius 1 is 1.16 bits per heavy atom. The Morgan fingerprint density at radius 2 is 1.90 bits per heavy atom. The number of methoxy groups -OCH3 is 1. The second-order valence-corrected chi connectivity index (χ2v) is 6.85. The van der Waals surface area contributed by atoms with Crippen LogP contribution in [0, 0.1) is 5.82 Å². The Balaban J connectivity index is 1.95. The van der Waals surface area contributed by atoms with Gasteiger partial charge in [-0.2, -0.15) is 13.2 Å². The minimum Gasteiger partial charge on any atom is -0.496 e. The van der Waals surface area contributed by atoms with Crippen molar-refractivity contribution < 1.29 is 27.1 Å². The van der Waals surface area contributed by atoms with Crippen LogP contribution in [0.2, 0.25) is 0 Å². The zero-order valence-electron chi connectivity index (χ0n) is 16.9. The normalized spacial score (nSPS) is 11.4. The minimum atomic E-state index is -4.85. The highest BCUT2D eigenvalue weighted by atomic mass is 19.4. The van der Waals surface area contributed by atoms with Crippen LogP contribution < -0.4 is 10.5 Å². The number of alkyl halides is 3. The van der Waals surface area contributed by atoms with Crippen molar-refractivity contribution in [3.63, 3.8) is 0 Å². The standard InChI is InChI=1S/C22H21F4N3O2/c1-3-29(12-14-4-6-15(27)11-19(14)31-2)21(30)20-16(8-9-28-20)13-5-7-18(23)17(10-13)22(24,25)26/h4-11,28H,3,12,27H2,1-2H3. The highest BCUT2D eigenvalue weighted by molar-refractivity contribution is 5.99. The third kappa shape index (κ3) is 4.65. The maximum Gasteiger partial charge on any atom is 0.419 e. The molecule has 1 aromatic heterocycles. The van der Waals surface area contributed by atoms with Crippen molar-refractivity contribution in [2.45, 2.75) is 19.6 Å². The van der Waals surface area contributed by atoms with Crippen molar-refractivity contribution in [1.29, 1.82) is 0 Å². The molecule has 1 amide bonds. The van der Waals surface area contributed by atoms with Crippen LogP contribution in [-0.4, -0.2) is 29.4 Å². The van der Waals surface area contributed by atoms with Crippen molar-refractivity contribution >= 4 is 11.6 Å². The summed E-state index contributed by atoms with van der Waals surface area (Å²) in [6.07, 6.45) is -3.39. The molecule has 0 aliphatic carbocycles. The fraction of sp³-hybridized carbons (Fsp3) is 0.227. The van der Waals surface area contributed by atoms with Crippen molar-refractivity contribution in [1.82, 2.24) is 9.88 Å². The van der Waals surface area contributed by atoms with Gasteiger partial charge < -0.3 is 20.4 Å². The number of nitrogen functional groups attached to an aromatic ring is 1. The number of nitrogens with two attached hydrogens (primary N) is 1. The molecule has 9 heteroatoms.